The standard InChI is InChI=1S/C12H12ClNOS/c1-8(7-15)11-6-14-12(16-11)9-2-4-10(13)5-3-9/h2-6,8,15H,7H2,1H3. The number of rotatable bonds is 3. The highest BCUT2D eigenvalue weighted by Crippen LogP contribution is 2.29. The third-order valence-electron chi connectivity index (χ3n) is 2.37. The van der Waals surface area contributed by atoms with E-state index in [1.54, 1.807) is 11.3 Å². The maximum Gasteiger partial charge on any atom is 0.123 e. The second kappa shape index (κ2) is 4.95. The van der Waals surface area contributed by atoms with Crippen LogP contribution in [0.15, 0.2) is 30.5 Å². The maximum absolute atomic E-state index is 9.07. The predicted octanol–water partition coefficient (Wildman–Crippen LogP) is 3.56. The molecule has 0 spiro atoms. The van der Waals surface area contributed by atoms with Crippen LogP contribution in [0, 0.1) is 0 Å². The Bertz CT molecular complexity index is 466. The fraction of sp³-hybridized carbons (Fsp3) is 0.250. The maximum atomic E-state index is 9.07. The summed E-state index contributed by atoms with van der Waals surface area (Å²) in [6.07, 6.45) is 1.83. The van der Waals surface area contributed by atoms with E-state index in [1.807, 2.05) is 37.4 Å². The van der Waals surface area contributed by atoms with Crippen molar-refractivity contribution in [2.24, 2.45) is 0 Å². The minimum Gasteiger partial charge on any atom is -0.396 e. The van der Waals surface area contributed by atoms with Crippen molar-refractivity contribution in [2.75, 3.05) is 6.61 Å². The lowest BCUT2D eigenvalue weighted by Gasteiger charge is -2.01. The normalized spacial score (nSPS) is 12.7. The average molecular weight is 254 g/mol. The zero-order chi connectivity index (χ0) is 11.5. The first-order chi connectivity index (χ1) is 7.70. The summed E-state index contributed by atoms with van der Waals surface area (Å²) in [5, 5.41) is 10.8. The van der Waals surface area contributed by atoms with E-state index in [1.165, 1.54) is 0 Å². The van der Waals surface area contributed by atoms with Gasteiger partial charge in [0.2, 0.25) is 0 Å². The number of hydrogen-bond donors (Lipinski definition) is 1. The first-order valence-corrected chi connectivity index (χ1v) is 6.22. The second-order valence-electron chi connectivity index (χ2n) is 3.66. The Kier molecular flexibility index (Phi) is 3.59. The number of hydrogen-bond acceptors (Lipinski definition) is 3. The monoisotopic (exact) mass is 253 g/mol. The van der Waals surface area contributed by atoms with Crippen molar-refractivity contribution in [1.82, 2.24) is 4.98 Å². The molecule has 0 bridgehead atoms. The number of aliphatic hydroxyl groups is 1. The molecule has 4 heteroatoms. The van der Waals surface area contributed by atoms with Crippen molar-refractivity contribution in [1.29, 1.82) is 0 Å². The predicted molar refractivity (Wildman–Crippen MR) is 68.1 cm³/mol. The van der Waals surface area contributed by atoms with Crippen LogP contribution in [0.1, 0.15) is 17.7 Å². The van der Waals surface area contributed by atoms with Gasteiger partial charge in [-0.05, 0) is 12.1 Å². The molecule has 0 saturated heterocycles. The van der Waals surface area contributed by atoms with Gasteiger partial charge in [-0.3, -0.25) is 0 Å². The highest BCUT2D eigenvalue weighted by Gasteiger charge is 2.09. The van der Waals surface area contributed by atoms with Gasteiger partial charge in [0.15, 0.2) is 0 Å². The molecule has 1 aromatic heterocycles. The van der Waals surface area contributed by atoms with Gasteiger partial charge in [-0.25, -0.2) is 4.98 Å². The number of halogens is 1. The van der Waals surface area contributed by atoms with Crippen LogP contribution in [0.2, 0.25) is 5.02 Å². The topological polar surface area (TPSA) is 33.1 Å². The summed E-state index contributed by atoms with van der Waals surface area (Å²) in [7, 11) is 0. The Morgan fingerprint density at radius 2 is 2.06 bits per heavy atom. The van der Waals surface area contributed by atoms with E-state index in [0.717, 1.165) is 20.5 Å². The number of thiazole rings is 1. The zero-order valence-electron chi connectivity index (χ0n) is 8.85. The summed E-state index contributed by atoms with van der Waals surface area (Å²) in [6.45, 7) is 2.14. The van der Waals surface area contributed by atoms with Crippen LogP contribution >= 0.6 is 22.9 Å². The molecule has 2 nitrogen and oxygen atoms in total. The molecule has 0 aliphatic heterocycles. The number of aliphatic hydroxyl groups excluding tert-OH is 1. The van der Waals surface area contributed by atoms with Crippen molar-refractivity contribution in [2.45, 2.75) is 12.8 Å². The molecule has 1 unspecified atom stereocenters. The summed E-state index contributed by atoms with van der Waals surface area (Å²) in [5.41, 5.74) is 1.06. The van der Waals surface area contributed by atoms with E-state index < -0.39 is 0 Å². The molecule has 0 radical (unpaired) electrons. The highest BCUT2D eigenvalue weighted by atomic mass is 35.5. The van der Waals surface area contributed by atoms with Gasteiger partial charge < -0.3 is 5.11 Å². The van der Waals surface area contributed by atoms with Crippen LogP contribution in [0.3, 0.4) is 0 Å². The van der Waals surface area contributed by atoms with E-state index in [9.17, 15) is 0 Å². The Morgan fingerprint density at radius 1 is 1.38 bits per heavy atom. The number of aromatic nitrogens is 1. The quantitative estimate of drug-likeness (QED) is 0.907. The molecule has 0 amide bonds. The lowest BCUT2D eigenvalue weighted by Crippen LogP contribution is -1.94. The Labute approximate surface area is 104 Å². The number of benzene rings is 1. The van der Waals surface area contributed by atoms with E-state index in [4.69, 9.17) is 16.7 Å². The minimum atomic E-state index is 0.151. The highest BCUT2D eigenvalue weighted by molar-refractivity contribution is 7.15. The van der Waals surface area contributed by atoms with Crippen LogP contribution in [0.5, 0.6) is 0 Å². The molecule has 84 valence electrons. The van der Waals surface area contributed by atoms with E-state index in [2.05, 4.69) is 4.98 Å². The van der Waals surface area contributed by atoms with Crippen LogP contribution in [-0.2, 0) is 0 Å². The van der Waals surface area contributed by atoms with Crippen molar-refractivity contribution in [3.05, 3.63) is 40.4 Å². The summed E-state index contributed by atoms with van der Waals surface area (Å²) >= 11 is 7.44. The molecule has 0 aliphatic carbocycles. The van der Waals surface area contributed by atoms with Gasteiger partial charge in [0.25, 0.3) is 0 Å². The Balaban J connectivity index is 2.28. The molecular weight excluding hydrogens is 242 g/mol. The fourth-order valence-electron chi connectivity index (χ4n) is 1.33. The number of nitrogens with zero attached hydrogens (tertiary/aromatic N) is 1. The van der Waals surface area contributed by atoms with Gasteiger partial charge in [-0.2, -0.15) is 0 Å². The van der Waals surface area contributed by atoms with Gasteiger partial charge in [0, 0.05) is 27.6 Å². The van der Waals surface area contributed by atoms with Gasteiger partial charge >= 0.3 is 0 Å². The van der Waals surface area contributed by atoms with Crippen molar-refractivity contribution >= 4 is 22.9 Å². The van der Waals surface area contributed by atoms with Gasteiger partial charge in [0.05, 0.1) is 6.61 Å². The fourth-order valence-corrected chi connectivity index (χ4v) is 2.42. The summed E-state index contributed by atoms with van der Waals surface area (Å²) in [5.74, 6) is 0.151. The molecule has 1 aromatic carbocycles. The minimum absolute atomic E-state index is 0.151. The molecule has 2 rings (SSSR count). The summed E-state index contributed by atoms with van der Waals surface area (Å²) in [6, 6.07) is 7.62. The van der Waals surface area contributed by atoms with Crippen LogP contribution < -0.4 is 0 Å². The smallest absolute Gasteiger partial charge is 0.123 e. The summed E-state index contributed by atoms with van der Waals surface area (Å²) in [4.78, 5) is 5.45. The average Bonchev–Trinajstić information content (AvgIpc) is 2.78. The van der Waals surface area contributed by atoms with Gasteiger partial charge in [0.1, 0.15) is 5.01 Å². The van der Waals surface area contributed by atoms with Gasteiger partial charge in [-0.15, -0.1) is 11.3 Å². The first-order valence-electron chi connectivity index (χ1n) is 5.03. The van der Waals surface area contributed by atoms with Crippen molar-refractivity contribution in [3.63, 3.8) is 0 Å². The largest absolute Gasteiger partial charge is 0.396 e. The van der Waals surface area contributed by atoms with Crippen molar-refractivity contribution in [3.8, 4) is 10.6 Å². The van der Waals surface area contributed by atoms with E-state index >= 15 is 0 Å². The third kappa shape index (κ3) is 2.43. The molecule has 1 N–H and O–H groups in total. The molecule has 16 heavy (non-hydrogen) atoms. The molecule has 0 aliphatic rings. The summed E-state index contributed by atoms with van der Waals surface area (Å²) < 4.78 is 0. The molecule has 1 atom stereocenters. The Hall–Kier alpha value is -0.900. The van der Waals surface area contributed by atoms with E-state index in [0.29, 0.717) is 0 Å². The lowest BCUT2D eigenvalue weighted by atomic mass is 10.2. The molecule has 1 heterocycles. The van der Waals surface area contributed by atoms with Gasteiger partial charge in [-0.1, -0.05) is 30.7 Å². The van der Waals surface area contributed by atoms with Crippen LogP contribution in [-0.4, -0.2) is 16.7 Å². The molecular formula is C12H12ClNOS. The molecule has 0 fully saturated rings. The Morgan fingerprint density at radius 3 is 2.69 bits per heavy atom. The van der Waals surface area contributed by atoms with E-state index in [-0.39, 0.29) is 12.5 Å². The lowest BCUT2D eigenvalue weighted by molar-refractivity contribution is 0.274. The SMILES string of the molecule is CC(CO)c1cnc(-c2ccc(Cl)cc2)s1. The third-order valence-corrected chi connectivity index (χ3v) is 3.90. The molecule has 0 saturated carbocycles. The van der Waals surface area contributed by atoms with Crippen LogP contribution in [0.4, 0.5) is 0 Å². The zero-order valence-corrected chi connectivity index (χ0v) is 10.4. The first kappa shape index (κ1) is 11.6. The van der Waals surface area contributed by atoms with Crippen molar-refractivity contribution < 1.29 is 5.11 Å². The second-order valence-corrected chi connectivity index (χ2v) is 5.16. The van der Waals surface area contributed by atoms with Crippen LogP contribution in [0.25, 0.3) is 10.6 Å². The molecule has 2 aromatic rings.